The van der Waals surface area contributed by atoms with E-state index in [1.54, 1.807) is 0 Å². The summed E-state index contributed by atoms with van der Waals surface area (Å²) in [6, 6.07) is 7.94. The number of benzene rings is 1. The van der Waals surface area contributed by atoms with Crippen molar-refractivity contribution in [2.75, 3.05) is 40.1 Å². The highest BCUT2D eigenvalue weighted by molar-refractivity contribution is 8.00. The minimum atomic E-state index is 0.245. The second-order valence-corrected chi connectivity index (χ2v) is 7.59. The minimum absolute atomic E-state index is 0.245. The zero-order chi connectivity index (χ0) is 16.7. The smallest absolute Gasteiger partial charge is 0.193 e. The predicted octanol–water partition coefficient (Wildman–Crippen LogP) is 3.26. The second kappa shape index (κ2) is 8.81. The Bertz CT molecular complexity index is 515. The van der Waals surface area contributed by atoms with E-state index in [1.807, 2.05) is 43.1 Å². The molecule has 23 heavy (non-hydrogen) atoms. The zero-order valence-corrected chi connectivity index (χ0v) is 15.7. The van der Waals surface area contributed by atoms with E-state index in [1.165, 1.54) is 5.56 Å². The van der Waals surface area contributed by atoms with Crippen molar-refractivity contribution in [1.29, 1.82) is 0 Å². The van der Waals surface area contributed by atoms with Crippen molar-refractivity contribution in [2.45, 2.75) is 24.1 Å². The van der Waals surface area contributed by atoms with Crippen molar-refractivity contribution in [3.05, 3.63) is 34.9 Å². The molecule has 128 valence electrons. The predicted molar refractivity (Wildman–Crippen MR) is 101 cm³/mol. The molecule has 1 aromatic carbocycles. The fourth-order valence-electron chi connectivity index (χ4n) is 2.76. The highest BCUT2D eigenvalue weighted by Crippen LogP contribution is 2.33. The minimum Gasteiger partial charge on any atom is -0.381 e. The summed E-state index contributed by atoms with van der Waals surface area (Å²) >= 11 is 7.88. The van der Waals surface area contributed by atoms with Crippen LogP contribution in [-0.2, 0) is 11.3 Å². The number of guanidine groups is 1. The molecule has 1 N–H and O–H groups in total. The average molecular weight is 356 g/mol. The number of rotatable bonds is 5. The van der Waals surface area contributed by atoms with Crippen LogP contribution >= 0.6 is 23.4 Å². The number of nitrogens with zero attached hydrogens (tertiary/aromatic N) is 2. The van der Waals surface area contributed by atoms with Gasteiger partial charge in [-0.1, -0.05) is 23.7 Å². The molecule has 0 aromatic heterocycles. The van der Waals surface area contributed by atoms with Crippen LogP contribution in [0, 0.1) is 0 Å². The van der Waals surface area contributed by atoms with Crippen LogP contribution in [0.4, 0.5) is 0 Å². The largest absolute Gasteiger partial charge is 0.381 e. The number of ether oxygens (including phenoxy) is 1. The summed E-state index contributed by atoms with van der Waals surface area (Å²) in [6.45, 7) is 3.41. The maximum absolute atomic E-state index is 5.94. The van der Waals surface area contributed by atoms with Crippen molar-refractivity contribution in [2.24, 2.45) is 4.99 Å². The normalized spacial score (nSPS) is 17.8. The van der Waals surface area contributed by atoms with E-state index in [0.717, 1.165) is 50.1 Å². The van der Waals surface area contributed by atoms with Gasteiger partial charge in [-0.15, -0.1) is 0 Å². The molecule has 1 aromatic rings. The van der Waals surface area contributed by atoms with Gasteiger partial charge in [0.1, 0.15) is 0 Å². The summed E-state index contributed by atoms with van der Waals surface area (Å²) in [4.78, 5) is 6.55. The van der Waals surface area contributed by atoms with Gasteiger partial charge < -0.3 is 15.0 Å². The number of hydrogen-bond donors (Lipinski definition) is 1. The van der Waals surface area contributed by atoms with Crippen LogP contribution in [0.2, 0.25) is 5.02 Å². The van der Waals surface area contributed by atoms with Gasteiger partial charge in [0, 0.05) is 50.2 Å². The molecule has 0 unspecified atom stereocenters. The monoisotopic (exact) mass is 355 g/mol. The van der Waals surface area contributed by atoms with Gasteiger partial charge in [0.25, 0.3) is 0 Å². The van der Waals surface area contributed by atoms with E-state index in [4.69, 9.17) is 16.3 Å². The first-order valence-corrected chi connectivity index (χ1v) is 9.48. The Labute approximate surface area is 148 Å². The first-order chi connectivity index (χ1) is 11.1. The van der Waals surface area contributed by atoms with Crippen LogP contribution in [0.25, 0.3) is 0 Å². The molecule has 0 saturated carbocycles. The van der Waals surface area contributed by atoms with Gasteiger partial charge in [-0.25, -0.2) is 0 Å². The number of hydrogen-bond acceptors (Lipinski definition) is 3. The molecule has 1 aliphatic heterocycles. The molecule has 6 heteroatoms. The quantitative estimate of drug-likeness (QED) is 0.649. The third-order valence-corrected chi connectivity index (χ3v) is 5.98. The Hall–Kier alpha value is -0.910. The topological polar surface area (TPSA) is 36.9 Å². The molecule has 4 nitrogen and oxygen atoms in total. The van der Waals surface area contributed by atoms with E-state index < -0.39 is 0 Å². The van der Waals surface area contributed by atoms with Gasteiger partial charge in [0.2, 0.25) is 0 Å². The van der Waals surface area contributed by atoms with E-state index in [-0.39, 0.29) is 4.75 Å². The van der Waals surface area contributed by atoms with Crippen molar-refractivity contribution < 1.29 is 4.74 Å². The van der Waals surface area contributed by atoms with Gasteiger partial charge >= 0.3 is 0 Å². The van der Waals surface area contributed by atoms with Crippen LogP contribution in [-0.4, -0.2) is 55.7 Å². The van der Waals surface area contributed by atoms with E-state index in [9.17, 15) is 0 Å². The van der Waals surface area contributed by atoms with E-state index >= 15 is 0 Å². The molecule has 0 bridgehead atoms. The van der Waals surface area contributed by atoms with Crippen molar-refractivity contribution in [3.63, 3.8) is 0 Å². The summed E-state index contributed by atoms with van der Waals surface area (Å²) < 4.78 is 5.75. The van der Waals surface area contributed by atoms with E-state index in [0.29, 0.717) is 0 Å². The van der Waals surface area contributed by atoms with Crippen LogP contribution in [0.3, 0.4) is 0 Å². The molecule has 1 saturated heterocycles. The number of aliphatic imine (C=N–C) groups is 1. The molecular weight excluding hydrogens is 330 g/mol. The third-order valence-electron chi connectivity index (χ3n) is 4.31. The summed E-state index contributed by atoms with van der Waals surface area (Å²) in [5, 5.41) is 4.30. The van der Waals surface area contributed by atoms with Crippen LogP contribution in [0.1, 0.15) is 18.4 Å². The SMILES string of the molecule is CN=C(NCC1(SC)CCOCC1)N(C)Cc1ccc(Cl)cc1. The molecule has 1 aliphatic rings. The van der Waals surface area contributed by atoms with Crippen molar-refractivity contribution >= 4 is 29.3 Å². The molecule has 0 radical (unpaired) electrons. The lowest BCUT2D eigenvalue weighted by molar-refractivity contribution is 0.0781. The molecule has 2 rings (SSSR count). The lowest BCUT2D eigenvalue weighted by atomic mass is 9.99. The van der Waals surface area contributed by atoms with Gasteiger partial charge in [-0.3, -0.25) is 4.99 Å². The Balaban J connectivity index is 1.92. The van der Waals surface area contributed by atoms with Gasteiger partial charge in [-0.05, 0) is 36.8 Å². The summed E-state index contributed by atoms with van der Waals surface area (Å²) in [6.07, 6.45) is 4.35. The maximum atomic E-state index is 5.94. The molecule has 0 amide bonds. The highest BCUT2D eigenvalue weighted by Gasteiger charge is 2.32. The van der Waals surface area contributed by atoms with Gasteiger partial charge in [-0.2, -0.15) is 11.8 Å². The van der Waals surface area contributed by atoms with Crippen molar-refractivity contribution in [3.8, 4) is 0 Å². The molecule has 0 aliphatic carbocycles. The van der Waals surface area contributed by atoms with E-state index in [2.05, 4.69) is 28.5 Å². The molecular formula is C17H26ClN3OS. The molecule has 0 spiro atoms. The summed E-state index contributed by atoms with van der Waals surface area (Å²) in [5.41, 5.74) is 1.21. The summed E-state index contributed by atoms with van der Waals surface area (Å²) in [5.74, 6) is 0.917. The van der Waals surface area contributed by atoms with Gasteiger partial charge in [0.05, 0.1) is 0 Å². The maximum Gasteiger partial charge on any atom is 0.193 e. The Morgan fingerprint density at radius 1 is 1.35 bits per heavy atom. The lowest BCUT2D eigenvalue weighted by Crippen LogP contribution is -2.48. The Morgan fingerprint density at radius 3 is 2.57 bits per heavy atom. The molecule has 1 fully saturated rings. The van der Waals surface area contributed by atoms with Gasteiger partial charge in [0.15, 0.2) is 5.96 Å². The van der Waals surface area contributed by atoms with Crippen LogP contribution in [0.5, 0.6) is 0 Å². The first-order valence-electron chi connectivity index (χ1n) is 7.88. The molecule has 1 heterocycles. The Kier molecular flexibility index (Phi) is 7.06. The van der Waals surface area contributed by atoms with Crippen molar-refractivity contribution in [1.82, 2.24) is 10.2 Å². The Morgan fingerprint density at radius 2 is 2.00 bits per heavy atom. The van der Waals surface area contributed by atoms with Crippen LogP contribution < -0.4 is 5.32 Å². The van der Waals surface area contributed by atoms with Crippen LogP contribution in [0.15, 0.2) is 29.3 Å². The standard InChI is InChI=1S/C17H26ClN3OS/c1-19-16(20-13-17(23-3)8-10-22-11-9-17)21(2)12-14-4-6-15(18)7-5-14/h4-7H,8-13H2,1-3H3,(H,19,20). The number of halogens is 1. The first kappa shape index (κ1) is 18.4. The fourth-order valence-corrected chi connectivity index (χ4v) is 3.68. The number of thioether (sulfide) groups is 1. The third kappa shape index (κ3) is 5.30. The number of nitrogens with one attached hydrogen (secondary N) is 1. The summed E-state index contributed by atoms with van der Waals surface area (Å²) in [7, 11) is 3.89. The second-order valence-electron chi connectivity index (χ2n) is 5.88. The lowest BCUT2D eigenvalue weighted by Gasteiger charge is -2.37. The zero-order valence-electron chi connectivity index (χ0n) is 14.1. The fraction of sp³-hybridized carbons (Fsp3) is 0.588. The average Bonchev–Trinajstić information content (AvgIpc) is 2.58. The highest BCUT2D eigenvalue weighted by atomic mass is 35.5. The molecule has 0 atom stereocenters.